The minimum Gasteiger partial charge on any atom is -0.352 e. The maximum absolute atomic E-state index is 11.9. The summed E-state index contributed by atoms with van der Waals surface area (Å²) in [5, 5.41) is 2.74. The van der Waals surface area contributed by atoms with E-state index in [1.165, 1.54) is 4.90 Å². The quantitative estimate of drug-likeness (QED) is 0.754. The Hall–Kier alpha value is -0.810. The van der Waals surface area contributed by atoms with Crippen LogP contribution < -0.4 is 11.1 Å². The molecule has 0 aliphatic carbocycles. The lowest BCUT2D eigenvalue weighted by Gasteiger charge is -2.24. The first kappa shape index (κ1) is 19.5. The normalized spacial score (nSPS) is 13.5. The fraction of sp³-hybridized carbons (Fsp3) is 0.833. The van der Waals surface area contributed by atoms with E-state index in [1.54, 1.807) is 7.05 Å². The number of nitrogens with one attached hydrogen (secondary N) is 1. The molecular formula is C12H26ClN3O2. The summed E-state index contributed by atoms with van der Waals surface area (Å²) in [7, 11) is 1.60. The number of likely N-dealkylation sites (N-methyl/N-ethyl adjacent to an activating group) is 1. The van der Waals surface area contributed by atoms with Crippen LogP contribution in [-0.2, 0) is 9.59 Å². The molecule has 0 spiro atoms. The van der Waals surface area contributed by atoms with Crippen molar-refractivity contribution in [2.24, 2.45) is 11.7 Å². The Morgan fingerprint density at radius 2 is 1.78 bits per heavy atom. The Bertz CT molecular complexity index is 272. The van der Waals surface area contributed by atoms with Gasteiger partial charge in [-0.15, -0.1) is 12.4 Å². The predicted octanol–water partition coefficient (Wildman–Crippen LogP) is 0.765. The third-order valence-corrected chi connectivity index (χ3v) is 2.75. The molecule has 0 aliphatic rings. The van der Waals surface area contributed by atoms with Crippen molar-refractivity contribution in [1.82, 2.24) is 10.2 Å². The molecule has 2 unspecified atom stereocenters. The van der Waals surface area contributed by atoms with Crippen molar-refractivity contribution in [2.75, 3.05) is 13.6 Å². The number of nitrogens with zero attached hydrogens (tertiary/aromatic N) is 1. The summed E-state index contributed by atoms with van der Waals surface area (Å²) in [5.41, 5.74) is 5.83. The van der Waals surface area contributed by atoms with E-state index in [4.69, 9.17) is 5.73 Å². The van der Waals surface area contributed by atoms with Crippen LogP contribution in [-0.4, -0.2) is 42.4 Å². The van der Waals surface area contributed by atoms with Gasteiger partial charge in [0.15, 0.2) is 0 Å². The van der Waals surface area contributed by atoms with Crippen LogP contribution in [0.25, 0.3) is 0 Å². The lowest BCUT2D eigenvalue weighted by Crippen LogP contribution is -2.49. The monoisotopic (exact) mass is 279 g/mol. The van der Waals surface area contributed by atoms with Gasteiger partial charge in [-0.1, -0.05) is 20.3 Å². The van der Waals surface area contributed by atoms with Crippen LogP contribution in [0.15, 0.2) is 0 Å². The van der Waals surface area contributed by atoms with Crippen LogP contribution in [0.1, 0.15) is 34.1 Å². The van der Waals surface area contributed by atoms with Crippen molar-refractivity contribution in [3.8, 4) is 0 Å². The summed E-state index contributed by atoms with van der Waals surface area (Å²) in [6, 6.07) is -0.453. The first-order valence-corrected chi connectivity index (χ1v) is 6.09. The summed E-state index contributed by atoms with van der Waals surface area (Å²) >= 11 is 0. The summed E-state index contributed by atoms with van der Waals surface area (Å²) in [4.78, 5) is 24.8. The number of halogens is 1. The second-order valence-corrected chi connectivity index (χ2v) is 4.83. The number of hydrogen-bond acceptors (Lipinski definition) is 3. The fourth-order valence-electron chi connectivity index (χ4n) is 1.41. The summed E-state index contributed by atoms with van der Waals surface area (Å²) in [6.07, 6.45) is 0.846. The molecule has 0 aromatic carbocycles. The van der Waals surface area contributed by atoms with Crippen LogP contribution in [0.3, 0.4) is 0 Å². The number of carbonyl (C=O) groups is 2. The number of amides is 2. The van der Waals surface area contributed by atoms with Gasteiger partial charge in [0.05, 0.1) is 12.6 Å². The first-order chi connectivity index (χ1) is 7.79. The molecular weight excluding hydrogens is 254 g/mol. The molecule has 0 aromatic heterocycles. The van der Waals surface area contributed by atoms with Gasteiger partial charge in [0, 0.05) is 13.1 Å². The first-order valence-electron chi connectivity index (χ1n) is 6.09. The SMILES string of the molecule is CCC(C)C(N)C(=O)N(C)CC(=O)NC(C)C.Cl. The number of rotatable bonds is 6. The van der Waals surface area contributed by atoms with Gasteiger partial charge in [-0.3, -0.25) is 9.59 Å². The third kappa shape index (κ3) is 6.81. The van der Waals surface area contributed by atoms with Gasteiger partial charge in [0.1, 0.15) is 0 Å². The molecule has 2 atom stereocenters. The van der Waals surface area contributed by atoms with Crippen LogP contribution in [0.5, 0.6) is 0 Å². The van der Waals surface area contributed by atoms with Crippen molar-refractivity contribution in [2.45, 2.75) is 46.2 Å². The molecule has 0 saturated heterocycles. The van der Waals surface area contributed by atoms with Crippen LogP contribution in [0.4, 0.5) is 0 Å². The molecule has 108 valence electrons. The smallest absolute Gasteiger partial charge is 0.239 e. The number of hydrogen-bond donors (Lipinski definition) is 2. The van der Waals surface area contributed by atoms with Gasteiger partial charge >= 0.3 is 0 Å². The molecule has 5 nitrogen and oxygen atoms in total. The zero-order chi connectivity index (χ0) is 13.6. The van der Waals surface area contributed by atoms with E-state index in [0.717, 1.165) is 6.42 Å². The molecule has 6 heteroatoms. The van der Waals surface area contributed by atoms with Gasteiger partial charge in [0.25, 0.3) is 0 Å². The van der Waals surface area contributed by atoms with Crippen LogP contribution in [0, 0.1) is 5.92 Å². The highest BCUT2D eigenvalue weighted by molar-refractivity contribution is 5.87. The predicted molar refractivity (Wildman–Crippen MR) is 75.6 cm³/mol. The molecule has 0 aliphatic heterocycles. The van der Waals surface area contributed by atoms with Crippen LogP contribution >= 0.6 is 12.4 Å². The second kappa shape index (κ2) is 9.16. The highest BCUT2D eigenvalue weighted by Gasteiger charge is 2.23. The van der Waals surface area contributed by atoms with Crippen molar-refractivity contribution >= 4 is 24.2 Å². The highest BCUT2D eigenvalue weighted by atomic mass is 35.5. The summed E-state index contributed by atoms with van der Waals surface area (Å²) in [5.74, 6) is -0.219. The molecule has 0 bridgehead atoms. The maximum Gasteiger partial charge on any atom is 0.239 e. The van der Waals surface area contributed by atoms with Crippen LogP contribution in [0.2, 0.25) is 0 Å². The summed E-state index contributed by atoms with van der Waals surface area (Å²) in [6.45, 7) is 7.74. The van der Waals surface area contributed by atoms with E-state index in [-0.39, 0.29) is 42.7 Å². The van der Waals surface area contributed by atoms with E-state index in [2.05, 4.69) is 5.32 Å². The molecule has 0 fully saturated rings. The van der Waals surface area contributed by atoms with Gasteiger partial charge in [-0.2, -0.15) is 0 Å². The molecule has 2 amide bonds. The Balaban J connectivity index is 0. The lowest BCUT2D eigenvalue weighted by molar-refractivity contribution is -0.136. The zero-order valence-corrected chi connectivity index (χ0v) is 12.7. The zero-order valence-electron chi connectivity index (χ0n) is 11.9. The number of carbonyl (C=O) groups excluding carboxylic acids is 2. The average Bonchev–Trinajstić information content (AvgIpc) is 2.24. The molecule has 0 rings (SSSR count). The third-order valence-electron chi connectivity index (χ3n) is 2.75. The Morgan fingerprint density at radius 1 is 1.28 bits per heavy atom. The van der Waals surface area contributed by atoms with E-state index >= 15 is 0 Å². The fourth-order valence-corrected chi connectivity index (χ4v) is 1.41. The second-order valence-electron chi connectivity index (χ2n) is 4.83. The topological polar surface area (TPSA) is 75.4 Å². The van der Waals surface area contributed by atoms with E-state index in [1.807, 2.05) is 27.7 Å². The molecule has 18 heavy (non-hydrogen) atoms. The van der Waals surface area contributed by atoms with Crippen molar-refractivity contribution in [3.63, 3.8) is 0 Å². The Kier molecular flexibility index (Phi) is 9.94. The molecule has 0 radical (unpaired) electrons. The van der Waals surface area contributed by atoms with Gasteiger partial charge < -0.3 is 16.0 Å². The van der Waals surface area contributed by atoms with Crippen molar-refractivity contribution in [1.29, 1.82) is 0 Å². The standard InChI is InChI=1S/C12H25N3O2.ClH/c1-6-9(4)11(13)12(17)15(5)7-10(16)14-8(2)3;/h8-9,11H,6-7,13H2,1-5H3,(H,14,16);1H. The largest absolute Gasteiger partial charge is 0.352 e. The summed E-state index contributed by atoms with van der Waals surface area (Å²) < 4.78 is 0. The average molecular weight is 280 g/mol. The lowest BCUT2D eigenvalue weighted by atomic mass is 9.99. The van der Waals surface area contributed by atoms with Gasteiger partial charge in [-0.25, -0.2) is 0 Å². The van der Waals surface area contributed by atoms with Gasteiger partial charge in [-0.05, 0) is 19.8 Å². The van der Waals surface area contributed by atoms with E-state index in [0.29, 0.717) is 0 Å². The highest BCUT2D eigenvalue weighted by Crippen LogP contribution is 2.07. The van der Waals surface area contributed by atoms with E-state index < -0.39 is 6.04 Å². The van der Waals surface area contributed by atoms with E-state index in [9.17, 15) is 9.59 Å². The minimum absolute atomic E-state index is 0. The minimum atomic E-state index is -0.531. The number of nitrogens with two attached hydrogens (primary N) is 1. The maximum atomic E-state index is 11.9. The molecule has 3 N–H and O–H groups in total. The molecule has 0 aromatic rings. The Morgan fingerprint density at radius 3 is 2.17 bits per heavy atom. The molecule has 0 heterocycles. The van der Waals surface area contributed by atoms with Crippen molar-refractivity contribution in [3.05, 3.63) is 0 Å². The molecule has 0 saturated carbocycles. The van der Waals surface area contributed by atoms with Crippen molar-refractivity contribution < 1.29 is 9.59 Å². The Labute approximate surface area is 116 Å². The van der Waals surface area contributed by atoms with Gasteiger partial charge in [0.2, 0.25) is 11.8 Å².